The van der Waals surface area contributed by atoms with Gasteiger partial charge in [-0.1, -0.05) is 172 Å². The average molecular weight is 1460 g/mol. The number of anilines is 6. The van der Waals surface area contributed by atoms with E-state index in [-0.39, 0.29) is 16.2 Å². The van der Waals surface area contributed by atoms with Crippen LogP contribution in [0.5, 0.6) is 11.5 Å². The summed E-state index contributed by atoms with van der Waals surface area (Å²) in [6.45, 7) is 22.9. The summed E-state index contributed by atoms with van der Waals surface area (Å²) in [6.07, 6.45) is 2.05. The second kappa shape index (κ2) is 24.4. The predicted octanol–water partition coefficient (Wildman–Crippen LogP) is 24.1. The van der Waals surface area contributed by atoms with E-state index < -0.39 is 5.41 Å². The van der Waals surface area contributed by atoms with E-state index in [2.05, 4.69) is 393 Å². The molecule has 2 aliphatic rings. The Kier molecular flexibility index (Phi) is 15.6. The number of ether oxygens (including phenoxy) is 1. The van der Waals surface area contributed by atoms with Crippen molar-refractivity contribution in [2.24, 2.45) is 0 Å². The molecule has 12 aromatic carbocycles. The first-order valence-corrected chi connectivity index (χ1v) is 35.4. The minimum atomic E-state index is -0.841. The van der Waals surface area contributed by atoms with Crippen LogP contribution in [-0.2, 0) is 41.0 Å². The van der Waals surface area contributed by atoms with Crippen LogP contribution < -0.4 is 14.5 Å². The van der Waals surface area contributed by atoms with Gasteiger partial charge in [0.2, 0.25) is 0 Å². The first-order chi connectivity index (χ1) is 47.8. The third kappa shape index (κ3) is 10.9. The van der Waals surface area contributed by atoms with Crippen LogP contribution in [-0.4, -0.2) is 14.1 Å². The Balaban J connectivity index is 0.859. The number of nitrogens with zero attached hydrogens (tertiary/aromatic N) is 5. The van der Waals surface area contributed by atoms with Crippen molar-refractivity contribution in [3.8, 4) is 67.4 Å². The predicted molar refractivity (Wildman–Crippen MR) is 405 cm³/mol. The minimum Gasteiger partial charge on any atom is -0.310 e. The van der Waals surface area contributed by atoms with E-state index in [4.69, 9.17) is 9.72 Å². The Hall–Kier alpha value is -10.7. The van der Waals surface area contributed by atoms with Crippen LogP contribution in [0, 0.1) is 22.9 Å². The van der Waals surface area contributed by atoms with E-state index >= 15 is 0 Å². The molecule has 0 bridgehead atoms. The van der Waals surface area contributed by atoms with E-state index in [1.807, 2.05) is 12.3 Å². The Morgan fingerprint density at radius 1 is 0.384 bits per heavy atom. The number of fused-ring (bicyclic) bond motifs is 9. The van der Waals surface area contributed by atoms with Gasteiger partial charge in [0.1, 0.15) is 0 Å². The third-order valence-corrected chi connectivity index (χ3v) is 21.1. The first kappa shape index (κ1) is 63.1. The summed E-state index contributed by atoms with van der Waals surface area (Å²) in [4.78, 5) is 10.3. The number of para-hydroxylation sites is 6. The molecule has 4 heterocycles. The summed E-state index contributed by atoms with van der Waals surface area (Å²) in [5.41, 5.74) is 26.9. The van der Waals surface area contributed by atoms with Crippen molar-refractivity contribution >= 4 is 45.3 Å². The number of imidazole rings is 1. The Bertz CT molecular complexity index is 5370. The van der Waals surface area contributed by atoms with Crippen LogP contribution >= 0.6 is 0 Å². The molecule has 1 spiro atoms. The van der Waals surface area contributed by atoms with Crippen molar-refractivity contribution in [3.63, 3.8) is 0 Å². The molecular weight excluding hydrogens is 1390 g/mol. The monoisotopic (exact) mass is 1460 g/mol. The smallest absolute Gasteiger partial charge is 0.310 e. The van der Waals surface area contributed by atoms with Crippen molar-refractivity contribution in [2.45, 2.75) is 90.9 Å². The minimum absolute atomic E-state index is 0.0844. The van der Waals surface area contributed by atoms with E-state index in [0.29, 0.717) is 11.5 Å². The number of hydrogen-bond acceptors (Lipinski definition) is 4. The molecule has 0 fully saturated rings. The van der Waals surface area contributed by atoms with Crippen molar-refractivity contribution < 1.29 is 24.1 Å². The van der Waals surface area contributed by atoms with E-state index in [9.17, 15) is 0 Å². The number of rotatable bonds is 10. The summed E-state index contributed by atoms with van der Waals surface area (Å²) < 4.78 is 12.9. The van der Waals surface area contributed by atoms with Crippen LogP contribution in [0.1, 0.15) is 107 Å². The van der Waals surface area contributed by atoms with Gasteiger partial charge in [0, 0.05) is 28.8 Å². The molecule has 6 nitrogen and oxygen atoms in total. The van der Waals surface area contributed by atoms with Crippen LogP contribution in [0.3, 0.4) is 0 Å². The van der Waals surface area contributed by atoms with Crippen LogP contribution in [0.4, 0.5) is 34.3 Å². The van der Waals surface area contributed by atoms with Gasteiger partial charge in [-0.2, -0.15) is 0 Å². The number of pyridine rings is 1. The van der Waals surface area contributed by atoms with Gasteiger partial charge in [-0.15, -0.1) is 0 Å². The van der Waals surface area contributed by atoms with Crippen molar-refractivity contribution in [1.82, 2.24) is 14.1 Å². The topological polar surface area (TPSA) is 38.5 Å². The standard InChI is InChI=1S/C92H77N5O.Pt/c1-61-53-87(93-59-76(61)66-45-43-62(44-46-66)63-47-49-67(50-48-63)89(2,3)4)97-83-40-22-19-37-79(83)92(77-35-17-20-38-81(77)96(82-39-21-18-36-78(82)92)71-55-68(90(5,6)7)54-69(56-71)91(8,9)10)80-52-51-73(58-86(80)97)98-72-32-25-31-70(57-72)94-60-95(85-42-24-23-41-84(85)94)88-74(64-27-13-11-14-28-64)33-26-34-75(88)65-29-15-12-16-30-65;/h11-56,59H,1-10H3;/q-2;. The van der Waals surface area contributed by atoms with Gasteiger partial charge < -0.3 is 4.90 Å². The Morgan fingerprint density at radius 2 is 0.848 bits per heavy atom. The zero-order chi connectivity index (χ0) is 68.1. The van der Waals surface area contributed by atoms with Crippen molar-refractivity contribution in [3.05, 3.63) is 346 Å². The zero-order valence-corrected chi connectivity index (χ0v) is 59.9. The number of benzene rings is 12. The first-order valence-electron chi connectivity index (χ1n) is 34.3. The molecule has 0 saturated heterocycles. The summed E-state index contributed by atoms with van der Waals surface area (Å²) in [7, 11) is 0. The van der Waals surface area contributed by atoms with Crippen LogP contribution in [0.15, 0.2) is 285 Å². The van der Waals surface area contributed by atoms with E-state index in [0.717, 1.165) is 111 Å². The zero-order valence-electron chi connectivity index (χ0n) is 57.6. The SMILES string of the molecule is Cc1cc(N2c3[c-]c(Oc4[c-]c(-n5[c](=[Pt])n(-c6c(-c7ccccc7)cccc6-c6ccccc6)c6ccccc65)ccc4)ccc3C3(c4ccccc42)c2ccccc2N(c2cc(C(C)(C)C)cc(C(C)(C)C)c2)c2ccccc23)ncc1-c1ccc(-c2ccc(C(C)(C)C)cc2)cc1. The molecule has 99 heavy (non-hydrogen) atoms. The fourth-order valence-electron chi connectivity index (χ4n) is 15.0. The molecule has 0 N–H and O–H groups in total. The average Bonchev–Trinajstić information content (AvgIpc) is 1.08. The maximum absolute atomic E-state index is 7.22. The number of aryl methyl sites for hydroxylation is 1. The second-order valence-corrected chi connectivity index (χ2v) is 30.4. The molecule has 488 valence electrons. The molecule has 0 radical (unpaired) electrons. The van der Waals surface area contributed by atoms with Gasteiger partial charge in [0.05, 0.1) is 0 Å². The summed E-state index contributed by atoms with van der Waals surface area (Å²) in [6, 6.07) is 109. The summed E-state index contributed by atoms with van der Waals surface area (Å²) in [5.74, 6) is 1.87. The fourth-order valence-corrected chi connectivity index (χ4v) is 16.0. The van der Waals surface area contributed by atoms with Gasteiger partial charge >= 0.3 is 306 Å². The van der Waals surface area contributed by atoms with Gasteiger partial charge in [-0.25, -0.2) is 0 Å². The maximum atomic E-state index is 7.22. The fraction of sp³-hybridized carbons (Fsp3) is 0.152. The quantitative estimate of drug-likeness (QED) is 0.128. The second-order valence-electron chi connectivity index (χ2n) is 29.4. The third-order valence-electron chi connectivity index (χ3n) is 20.0. The van der Waals surface area contributed by atoms with Crippen molar-refractivity contribution in [1.29, 1.82) is 0 Å². The molecule has 0 aliphatic carbocycles. The number of hydrogen-bond donors (Lipinski definition) is 0. The van der Waals surface area contributed by atoms with Crippen molar-refractivity contribution in [2.75, 3.05) is 9.80 Å². The summed E-state index contributed by atoms with van der Waals surface area (Å²) >= 11 is 2.51. The van der Waals surface area contributed by atoms with E-state index in [1.165, 1.54) is 38.9 Å². The van der Waals surface area contributed by atoms with Gasteiger partial charge in [-0.05, 0) is 86.4 Å². The Labute approximate surface area is 593 Å². The van der Waals surface area contributed by atoms with Gasteiger partial charge in [0.15, 0.2) is 0 Å². The van der Waals surface area contributed by atoms with Gasteiger partial charge in [-0.3, -0.25) is 0 Å². The van der Waals surface area contributed by atoms with Crippen LogP contribution in [0.2, 0.25) is 0 Å². The van der Waals surface area contributed by atoms with Gasteiger partial charge in [0.25, 0.3) is 0 Å². The molecule has 16 rings (SSSR count). The molecule has 0 saturated carbocycles. The normalized spacial score (nSPS) is 13.3. The number of aromatic nitrogens is 3. The molecule has 2 aliphatic heterocycles. The van der Waals surface area contributed by atoms with Crippen LogP contribution in [0.25, 0.3) is 66.9 Å². The molecule has 0 amide bonds. The van der Waals surface area contributed by atoms with E-state index in [1.54, 1.807) is 0 Å². The molecule has 0 atom stereocenters. The summed E-state index contributed by atoms with van der Waals surface area (Å²) in [5, 5.41) is 0. The molecule has 2 aromatic heterocycles. The molecule has 0 unspecified atom stereocenters. The Morgan fingerprint density at radius 3 is 1.39 bits per heavy atom. The molecular formula is C92H77N5OPt-2. The molecule has 7 heteroatoms. The molecule has 14 aromatic rings.